The van der Waals surface area contributed by atoms with E-state index in [0.717, 1.165) is 24.3 Å². The molecule has 0 aliphatic heterocycles. The molecule has 1 nitrogen and oxygen atoms in total. The summed E-state index contributed by atoms with van der Waals surface area (Å²) >= 11 is 3.92. The fourth-order valence-corrected chi connectivity index (χ4v) is 4.91. The molecular weight excluding hydrogens is 272 g/mol. The Kier molecular flexibility index (Phi) is 8.67. The van der Waals surface area contributed by atoms with E-state index in [4.69, 9.17) is 0 Å². The maximum Gasteiger partial charge on any atom is 0.0587 e. The van der Waals surface area contributed by atoms with E-state index in [1.54, 1.807) is 0 Å². The summed E-state index contributed by atoms with van der Waals surface area (Å²) in [7, 11) is 0. The van der Waals surface area contributed by atoms with Crippen molar-refractivity contribution in [3.8, 4) is 0 Å². The predicted molar refractivity (Wildman–Crippen MR) is 90.0 cm³/mol. The number of hydrogen-bond acceptors (Lipinski definition) is 3. The van der Waals surface area contributed by atoms with Crippen LogP contribution >= 0.6 is 23.5 Å². The van der Waals surface area contributed by atoms with Crippen molar-refractivity contribution in [1.29, 1.82) is 0 Å². The second-order valence-electron chi connectivity index (χ2n) is 4.73. The molecule has 3 heteroatoms. The highest BCUT2D eigenvalue weighted by Gasteiger charge is 2.23. The highest BCUT2D eigenvalue weighted by molar-refractivity contribution is 8.17. The van der Waals surface area contributed by atoms with Gasteiger partial charge in [0.2, 0.25) is 0 Å². The second-order valence-corrected chi connectivity index (χ2v) is 7.87. The zero-order valence-electron chi connectivity index (χ0n) is 12.2. The zero-order valence-corrected chi connectivity index (χ0v) is 13.8. The molecular formula is C16H26OS2. The monoisotopic (exact) mass is 298 g/mol. The number of aliphatic hydroxyl groups is 1. The first-order chi connectivity index (χ1) is 9.19. The zero-order chi connectivity index (χ0) is 14.1. The molecule has 1 N–H and O–H groups in total. The number of benzene rings is 1. The molecule has 0 heterocycles. The first kappa shape index (κ1) is 16.9. The normalized spacial score (nSPS) is 14.6. The summed E-state index contributed by atoms with van der Waals surface area (Å²) in [4.78, 5) is 0. The summed E-state index contributed by atoms with van der Waals surface area (Å²) in [5, 5.41) is 10.4. The van der Waals surface area contributed by atoms with Crippen LogP contribution in [0, 0.1) is 5.92 Å². The van der Waals surface area contributed by atoms with Crippen molar-refractivity contribution in [2.75, 3.05) is 11.5 Å². The molecule has 0 unspecified atom stereocenters. The van der Waals surface area contributed by atoms with Crippen molar-refractivity contribution >= 4 is 23.5 Å². The summed E-state index contributed by atoms with van der Waals surface area (Å²) in [6.45, 7) is 6.57. The van der Waals surface area contributed by atoms with E-state index in [1.165, 1.54) is 5.56 Å². The lowest BCUT2D eigenvalue weighted by molar-refractivity contribution is 0.115. The molecule has 2 atom stereocenters. The number of aliphatic hydroxyl groups excluding tert-OH is 1. The van der Waals surface area contributed by atoms with Gasteiger partial charge in [-0.3, -0.25) is 0 Å². The third kappa shape index (κ3) is 6.24. The standard InChI is InChI=1S/C16H26OS2/c1-4-18-16(19-5-2)13(3)15(17)12-11-14-9-7-6-8-10-14/h6-10,13,15-17H,4-5,11-12H2,1-3H3/t13-,15-/m1/s1. The van der Waals surface area contributed by atoms with Gasteiger partial charge in [-0.25, -0.2) is 0 Å². The van der Waals surface area contributed by atoms with Crippen molar-refractivity contribution in [1.82, 2.24) is 0 Å². The van der Waals surface area contributed by atoms with Crippen molar-refractivity contribution in [2.45, 2.75) is 44.3 Å². The Labute approximate surface area is 126 Å². The molecule has 0 bridgehead atoms. The third-order valence-corrected chi connectivity index (χ3v) is 6.27. The van der Waals surface area contributed by atoms with E-state index in [-0.39, 0.29) is 6.10 Å². The third-order valence-electron chi connectivity index (χ3n) is 3.27. The van der Waals surface area contributed by atoms with Crippen LogP contribution in [0.25, 0.3) is 0 Å². The topological polar surface area (TPSA) is 20.2 Å². The maximum absolute atomic E-state index is 10.4. The first-order valence-electron chi connectivity index (χ1n) is 7.14. The quantitative estimate of drug-likeness (QED) is 0.680. The van der Waals surface area contributed by atoms with Gasteiger partial charge in [-0.05, 0) is 29.9 Å². The highest BCUT2D eigenvalue weighted by Crippen LogP contribution is 2.33. The Bertz CT molecular complexity index is 323. The number of rotatable bonds is 9. The van der Waals surface area contributed by atoms with Crippen LogP contribution in [-0.2, 0) is 6.42 Å². The van der Waals surface area contributed by atoms with Crippen LogP contribution in [0.1, 0.15) is 32.8 Å². The summed E-state index contributed by atoms with van der Waals surface area (Å²) in [6.07, 6.45) is 1.62. The Morgan fingerprint density at radius 3 is 2.16 bits per heavy atom. The van der Waals surface area contributed by atoms with E-state index in [0.29, 0.717) is 10.5 Å². The fraction of sp³-hybridized carbons (Fsp3) is 0.625. The van der Waals surface area contributed by atoms with Crippen molar-refractivity contribution in [3.63, 3.8) is 0 Å². The number of thioether (sulfide) groups is 2. The van der Waals surface area contributed by atoms with E-state index >= 15 is 0 Å². The van der Waals surface area contributed by atoms with Crippen molar-refractivity contribution in [2.24, 2.45) is 5.92 Å². The SMILES string of the molecule is CCSC(SCC)[C@H](C)[C@H](O)CCc1ccccc1. The molecule has 0 radical (unpaired) electrons. The Morgan fingerprint density at radius 2 is 1.63 bits per heavy atom. The van der Waals surface area contributed by atoms with Gasteiger partial charge >= 0.3 is 0 Å². The summed E-state index contributed by atoms with van der Waals surface area (Å²) < 4.78 is 0.515. The smallest absolute Gasteiger partial charge is 0.0587 e. The second kappa shape index (κ2) is 9.73. The van der Waals surface area contributed by atoms with Crippen LogP contribution < -0.4 is 0 Å². The molecule has 0 amide bonds. The molecule has 1 aromatic rings. The van der Waals surface area contributed by atoms with Crippen molar-refractivity contribution < 1.29 is 5.11 Å². The van der Waals surface area contributed by atoms with Crippen molar-refractivity contribution in [3.05, 3.63) is 35.9 Å². The Hall–Kier alpha value is -0.120. The Morgan fingerprint density at radius 1 is 1.05 bits per heavy atom. The predicted octanol–water partition coefficient (Wildman–Crippen LogP) is 4.45. The van der Waals surface area contributed by atoms with Gasteiger partial charge in [-0.2, -0.15) is 0 Å². The average molecular weight is 299 g/mol. The molecule has 0 aliphatic rings. The van der Waals surface area contributed by atoms with Gasteiger partial charge in [0.15, 0.2) is 0 Å². The van der Waals surface area contributed by atoms with Crippen LogP contribution in [0.2, 0.25) is 0 Å². The molecule has 0 aromatic heterocycles. The van der Waals surface area contributed by atoms with Gasteiger partial charge in [-0.15, -0.1) is 23.5 Å². The van der Waals surface area contributed by atoms with Gasteiger partial charge in [0.05, 0.1) is 10.7 Å². The summed E-state index contributed by atoms with van der Waals surface area (Å²) in [5.74, 6) is 2.58. The molecule has 0 fully saturated rings. The molecule has 0 spiro atoms. The van der Waals surface area contributed by atoms with Gasteiger partial charge in [0.1, 0.15) is 0 Å². The van der Waals surface area contributed by atoms with Crippen LogP contribution in [-0.4, -0.2) is 27.3 Å². The molecule has 19 heavy (non-hydrogen) atoms. The number of hydrogen-bond donors (Lipinski definition) is 1. The van der Waals surface area contributed by atoms with E-state index < -0.39 is 0 Å². The molecule has 0 aliphatic carbocycles. The molecule has 1 aromatic carbocycles. The highest BCUT2D eigenvalue weighted by atomic mass is 32.2. The van der Waals surface area contributed by atoms with E-state index in [9.17, 15) is 5.11 Å². The fourth-order valence-electron chi connectivity index (χ4n) is 2.08. The Balaban J connectivity index is 2.44. The van der Waals surface area contributed by atoms with Gasteiger partial charge in [0, 0.05) is 5.92 Å². The summed E-state index contributed by atoms with van der Waals surface area (Å²) in [5.41, 5.74) is 1.32. The average Bonchev–Trinajstić information content (AvgIpc) is 2.45. The molecule has 0 saturated carbocycles. The molecule has 0 saturated heterocycles. The molecule has 108 valence electrons. The minimum Gasteiger partial charge on any atom is -0.393 e. The van der Waals surface area contributed by atoms with Crippen LogP contribution in [0.15, 0.2) is 30.3 Å². The van der Waals surface area contributed by atoms with Gasteiger partial charge in [-0.1, -0.05) is 51.1 Å². The van der Waals surface area contributed by atoms with Crippen LogP contribution in [0.3, 0.4) is 0 Å². The van der Waals surface area contributed by atoms with Crippen LogP contribution in [0.5, 0.6) is 0 Å². The minimum atomic E-state index is -0.205. The summed E-state index contributed by atoms with van der Waals surface area (Å²) in [6, 6.07) is 10.4. The lowest BCUT2D eigenvalue weighted by Gasteiger charge is -2.26. The van der Waals surface area contributed by atoms with E-state index in [2.05, 4.69) is 45.0 Å². The lowest BCUT2D eigenvalue weighted by atomic mass is 9.99. The van der Waals surface area contributed by atoms with Crippen LogP contribution in [0.4, 0.5) is 0 Å². The van der Waals surface area contributed by atoms with Gasteiger partial charge in [0.25, 0.3) is 0 Å². The van der Waals surface area contributed by atoms with Gasteiger partial charge < -0.3 is 5.11 Å². The lowest BCUT2D eigenvalue weighted by Crippen LogP contribution is -2.26. The maximum atomic E-state index is 10.4. The molecule has 1 rings (SSSR count). The first-order valence-corrected chi connectivity index (χ1v) is 9.24. The van der Waals surface area contributed by atoms with E-state index in [1.807, 2.05) is 29.6 Å². The minimum absolute atomic E-state index is 0.205. The largest absolute Gasteiger partial charge is 0.393 e. The number of aryl methyl sites for hydroxylation is 1.